The highest BCUT2D eigenvalue weighted by Crippen LogP contribution is 2.40. The van der Waals surface area contributed by atoms with Crippen molar-refractivity contribution in [1.82, 2.24) is 0 Å². The van der Waals surface area contributed by atoms with Crippen LogP contribution in [0.5, 0.6) is 0 Å². The van der Waals surface area contributed by atoms with Crippen LogP contribution in [0, 0.1) is 12.7 Å². The summed E-state index contributed by atoms with van der Waals surface area (Å²) in [6.07, 6.45) is 1.83. The quantitative estimate of drug-likeness (QED) is 0.869. The topological polar surface area (TPSA) is 20.2 Å². The molecule has 2 aromatic rings. The van der Waals surface area contributed by atoms with Crippen molar-refractivity contribution in [2.75, 3.05) is 0 Å². The number of rotatable bonds is 2. The zero-order valence-electron chi connectivity index (χ0n) is 11.3. The van der Waals surface area contributed by atoms with Gasteiger partial charge in [-0.25, -0.2) is 4.39 Å². The third kappa shape index (κ3) is 2.40. The summed E-state index contributed by atoms with van der Waals surface area (Å²) >= 11 is 3.26. The van der Waals surface area contributed by atoms with Gasteiger partial charge >= 0.3 is 0 Å². The molecule has 1 atom stereocenters. The van der Waals surface area contributed by atoms with Crippen LogP contribution in [0.15, 0.2) is 40.9 Å². The molecular weight excluding hydrogens is 319 g/mol. The van der Waals surface area contributed by atoms with Crippen LogP contribution >= 0.6 is 15.9 Å². The smallest absolute Gasteiger partial charge is 0.127 e. The molecule has 1 aliphatic rings. The van der Waals surface area contributed by atoms with Crippen molar-refractivity contribution in [1.29, 1.82) is 0 Å². The Kier molecular flexibility index (Phi) is 3.43. The minimum atomic E-state index is -0.948. The van der Waals surface area contributed by atoms with E-state index >= 15 is 0 Å². The molecule has 20 heavy (non-hydrogen) atoms. The van der Waals surface area contributed by atoms with Crippen molar-refractivity contribution in [3.63, 3.8) is 0 Å². The highest BCUT2D eigenvalue weighted by molar-refractivity contribution is 9.10. The van der Waals surface area contributed by atoms with Gasteiger partial charge in [-0.1, -0.05) is 45.8 Å². The van der Waals surface area contributed by atoms with E-state index < -0.39 is 5.60 Å². The number of halogens is 2. The average molecular weight is 335 g/mol. The van der Waals surface area contributed by atoms with E-state index in [1.165, 1.54) is 11.6 Å². The fourth-order valence-corrected chi connectivity index (χ4v) is 3.31. The van der Waals surface area contributed by atoms with E-state index in [4.69, 9.17) is 0 Å². The molecule has 0 aliphatic heterocycles. The maximum atomic E-state index is 14.0. The SMILES string of the molecule is Cc1ccc2c(c1)C(O)(Cc1ccc(Br)cc1F)CC2. The van der Waals surface area contributed by atoms with Gasteiger partial charge in [-0.05, 0) is 48.6 Å². The molecule has 0 bridgehead atoms. The van der Waals surface area contributed by atoms with Crippen LogP contribution in [-0.4, -0.2) is 5.11 Å². The normalized spacial score (nSPS) is 21.0. The summed E-state index contributed by atoms with van der Waals surface area (Å²) < 4.78 is 14.7. The molecule has 3 heteroatoms. The number of aliphatic hydroxyl groups is 1. The molecule has 0 aromatic heterocycles. The van der Waals surface area contributed by atoms with Crippen LogP contribution in [-0.2, 0) is 18.4 Å². The molecule has 0 saturated heterocycles. The van der Waals surface area contributed by atoms with Crippen LogP contribution in [0.3, 0.4) is 0 Å². The summed E-state index contributed by atoms with van der Waals surface area (Å²) in [4.78, 5) is 0. The molecule has 104 valence electrons. The molecule has 0 heterocycles. The van der Waals surface area contributed by atoms with Crippen molar-refractivity contribution in [3.8, 4) is 0 Å². The van der Waals surface area contributed by atoms with Crippen molar-refractivity contribution in [3.05, 3.63) is 68.9 Å². The predicted molar refractivity (Wildman–Crippen MR) is 81.2 cm³/mol. The van der Waals surface area contributed by atoms with Crippen LogP contribution in [0.25, 0.3) is 0 Å². The first-order valence-corrected chi connectivity index (χ1v) is 7.53. The van der Waals surface area contributed by atoms with E-state index in [0.29, 0.717) is 22.9 Å². The summed E-state index contributed by atoms with van der Waals surface area (Å²) in [5.41, 5.74) is 2.87. The average Bonchev–Trinajstić information content (AvgIpc) is 2.71. The molecule has 1 aliphatic carbocycles. The first-order valence-electron chi connectivity index (χ1n) is 6.74. The van der Waals surface area contributed by atoms with Gasteiger partial charge in [0.25, 0.3) is 0 Å². The van der Waals surface area contributed by atoms with Gasteiger partial charge in [0.05, 0.1) is 5.60 Å². The molecule has 0 amide bonds. The number of aryl methyl sites for hydroxylation is 2. The van der Waals surface area contributed by atoms with Crippen molar-refractivity contribution in [2.24, 2.45) is 0 Å². The monoisotopic (exact) mass is 334 g/mol. The van der Waals surface area contributed by atoms with Gasteiger partial charge in [-0.15, -0.1) is 0 Å². The van der Waals surface area contributed by atoms with E-state index in [1.54, 1.807) is 6.07 Å². The summed E-state index contributed by atoms with van der Waals surface area (Å²) in [7, 11) is 0. The molecule has 1 unspecified atom stereocenters. The Morgan fingerprint density at radius 1 is 1.25 bits per heavy atom. The second-order valence-electron chi connectivity index (χ2n) is 5.60. The number of hydrogen-bond donors (Lipinski definition) is 1. The standard InChI is InChI=1S/C17H16BrFO/c1-11-2-3-12-6-7-17(20,15(12)8-11)10-13-4-5-14(18)9-16(13)19/h2-5,8-9,20H,6-7,10H2,1H3. The van der Waals surface area contributed by atoms with Crippen LogP contribution in [0.4, 0.5) is 4.39 Å². The minimum absolute atomic E-state index is 0.270. The fraction of sp³-hybridized carbons (Fsp3) is 0.294. The Labute approximate surface area is 126 Å². The summed E-state index contributed by atoms with van der Waals surface area (Å²) in [5, 5.41) is 10.9. The van der Waals surface area contributed by atoms with Crippen LogP contribution in [0.2, 0.25) is 0 Å². The minimum Gasteiger partial charge on any atom is -0.385 e. The van der Waals surface area contributed by atoms with Gasteiger partial charge in [0.1, 0.15) is 5.82 Å². The van der Waals surface area contributed by atoms with Crippen molar-refractivity contribution >= 4 is 15.9 Å². The highest BCUT2D eigenvalue weighted by Gasteiger charge is 2.37. The molecular formula is C17H16BrFO. The van der Waals surface area contributed by atoms with Gasteiger partial charge in [0, 0.05) is 10.9 Å². The lowest BCUT2D eigenvalue weighted by atomic mass is 9.88. The first-order chi connectivity index (χ1) is 9.48. The van der Waals surface area contributed by atoms with Crippen LogP contribution in [0.1, 0.15) is 28.7 Å². The Hall–Kier alpha value is -1.19. The van der Waals surface area contributed by atoms with E-state index in [0.717, 1.165) is 17.5 Å². The molecule has 2 aromatic carbocycles. The lowest BCUT2D eigenvalue weighted by molar-refractivity contribution is 0.0380. The Morgan fingerprint density at radius 2 is 2.05 bits per heavy atom. The molecule has 0 radical (unpaired) electrons. The Bertz CT molecular complexity index is 668. The summed E-state index contributed by atoms with van der Waals surface area (Å²) in [5.74, 6) is -0.270. The molecule has 0 fully saturated rings. The number of benzene rings is 2. The van der Waals surface area contributed by atoms with E-state index in [1.807, 2.05) is 19.1 Å². The lowest BCUT2D eigenvalue weighted by Gasteiger charge is -2.25. The first kappa shape index (κ1) is 13.8. The molecule has 3 rings (SSSR count). The van der Waals surface area contributed by atoms with Gasteiger partial charge in [-0.2, -0.15) is 0 Å². The second kappa shape index (κ2) is 4.97. The van der Waals surface area contributed by atoms with Gasteiger partial charge in [0.15, 0.2) is 0 Å². The maximum Gasteiger partial charge on any atom is 0.127 e. The zero-order chi connectivity index (χ0) is 14.3. The predicted octanol–water partition coefficient (Wildman–Crippen LogP) is 4.27. The second-order valence-corrected chi connectivity index (χ2v) is 6.52. The fourth-order valence-electron chi connectivity index (χ4n) is 2.98. The third-order valence-electron chi connectivity index (χ3n) is 4.07. The largest absolute Gasteiger partial charge is 0.385 e. The molecule has 0 saturated carbocycles. The molecule has 0 spiro atoms. The van der Waals surface area contributed by atoms with E-state index in [2.05, 4.69) is 28.1 Å². The van der Waals surface area contributed by atoms with Crippen molar-refractivity contribution in [2.45, 2.75) is 31.8 Å². The summed E-state index contributed by atoms with van der Waals surface area (Å²) in [6, 6.07) is 11.2. The number of fused-ring (bicyclic) bond motifs is 1. The summed E-state index contributed by atoms with van der Waals surface area (Å²) in [6.45, 7) is 2.01. The van der Waals surface area contributed by atoms with Crippen molar-refractivity contribution < 1.29 is 9.50 Å². The van der Waals surface area contributed by atoms with Gasteiger partial charge in [0.2, 0.25) is 0 Å². The van der Waals surface area contributed by atoms with Gasteiger partial charge < -0.3 is 5.11 Å². The van der Waals surface area contributed by atoms with Crippen LogP contribution < -0.4 is 0 Å². The van der Waals surface area contributed by atoms with Gasteiger partial charge in [-0.3, -0.25) is 0 Å². The number of hydrogen-bond acceptors (Lipinski definition) is 1. The Balaban J connectivity index is 1.97. The zero-order valence-corrected chi connectivity index (χ0v) is 12.9. The van der Waals surface area contributed by atoms with E-state index in [9.17, 15) is 9.50 Å². The van der Waals surface area contributed by atoms with E-state index in [-0.39, 0.29) is 5.82 Å². The highest BCUT2D eigenvalue weighted by atomic mass is 79.9. The lowest BCUT2D eigenvalue weighted by Crippen LogP contribution is -2.26. The third-order valence-corrected chi connectivity index (χ3v) is 4.57. The molecule has 1 N–H and O–H groups in total. The Morgan fingerprint density at radius 3 is 2.80 bits per heavy atom. The molecule has 1 nitrogen and oxygen atoms in total. The maximum absolute atomic E-state index is 14.0.